The fourth-order valence-electron chi connectivity index (χ4n) is 2.68. The Labute approximate surface area is 163 Å². The fraction of sp³-hybridized carbons (Fsp3) is 0.130. The number of hydrogen-bond donors (Lipinski definition) is 1. The fourth-order valence-corrected chi connectivity index (χ4v) is 2.68. The van der Waals surface area contributed by atoms with Gasteiger partial charge in [0.2, 0.25) is 0 Å². The monoisotopic (exact) mass is 376 g/mol. The van der Waals surface area contributed by atoms with Crippen LogP contribution in [0.25, 0.3) is 0 Å². The number of aromatic carboxylic acids is 1. The van der Waals surface area contributed by atoms with Crippen LogP contribution in [0.3, 0.4) is 0 Å². The summed E-state index contributed by atoms with van der Waals surface area (Å²) in [5, 5.41) is 9.14. The molecule has 0 amide bonds. The van der Waals surface area contributed by atoms with Gasteiger partial charge in [-0.25, -0.2) is 9.59 Å². The van der Waals surface area contributed by atoms with Crippen LogP contribution in [0.15, 0.2) is 78.9 Å². The minimum Gasteiger partial charge on any atom is -0.489 e. The number of carboxylic acid groups (broad SMARTS) is 1. The zero-order valence-electron chi connectivity index (χ0n) is 15.2. The zero-order valence-corrected chi connectivity index (χ0v) is 15.2. The molecule has 0 radical (unpaired) electrons. The van der Waals surface area contributed by atoms with Crippen molar-refractivity contribution in [2.75, 3.05) is 6.61 Å². The van der Waals surface area contributed by atoms with Crippen LogP contribution < -0.4 is 4.74 Å². The maximum absolute atomic E-state index is 12.1. The molecule has 142 valence electrons. The predicted molar refractivity (Wildman–Crippen MR) is 105 cm³/mol. The minimum absolute atomic E-state index is 0.0552. The first-order valence-corrected chi connectivity index (χ1v) is 8.88. The lowest BCUT2D eigenvalue weighted by atomic mass is 10.1. The van der Waals surface area contributed by atoms with Gasteiger partial charge < -0.3 is 14.6 Å². The normalized spacial score (nSPS) is 10.3. The predicted octanol–water partition coefficient (Wildman–Crippen LogP) is 4.36. The lowest BCUT2D eigenvalue weighted by molar-refractivity contribution is 0.0498. The number of carbonyl (C=O) groups is 2. The Balaban J connectivity index is 1.49. The van der Waals surface area contributed by atoms with Gasteiger partial charge in [0.1, 0.15) is 12.4 Å². The third-order valence-corrected chi connectivity index (χ3v) is 4.17. The number of hydrogen-bond acceptors (Lipinski definition) is 4. The maximum Gasteiger partial charge on any atom is 0.339 e. The molecule has 5 nitrogen and oxygen atoms in total. The van der Waals surface area contributed by atoms with Crippen LogP contribution in [0.2, 0.25) is 0 Å². The largest absolute Gasteiger partial charge is 0.489 e. The molecule has 3 aromatic carbocycles. The standard InChI is InChI=1S/C23H20O5/c24-22(25)20-8-4-5-9-21(20)23(26)27-15-14-17-10-12-19(13-11-17)28-16-18-6-2-1-3-7-18/h1-13H,14-16H2,(H,24,25). The van der Waals surface area contributed by atoms with E-state index in [1.165, 1.54) is 12.1 Å². The third-order valence-electron chi connectivity index (χ3n) is 4.17. The summed E-state index contributed by atoms with van der Waals surface area (Å²) in [6, 6.07) is 23.5. The lowest BCUT2D eigenvalue weighted by Crippen LogP contribution is -2.13. The first kappa shape index (κ1) is 19.2. The van der Waals surface area contributed by atoms with Crippen molar-refractivity contribution in [1.29, 1.82) is 0 Å². The van der Waals surface area contributed by atoms with Gasteiger partial charge in [-0.2, -0.15) is 0 Å². The Kier molecular flexibility index (Phi) is 6.41. The Hall–Kier alpha value is -3.60. The molecular weight excluding hydrogens is 356 g/mol. The molecule has 3 aromatic rings. The number of carboxylic acids is 1. The third kappa shape index (κ3) is 5.20. The average molecular weight is 376 g/mol. The SMILES string of the molecule is O=C(O)c1ccccc1C(=O)OCCc1ccc(OCc2ccccc2)cc1. The van der Waals surface area contributed by atoms with Crippen molar-refractivity contribution < 1.29 is 24.2 Å². The van der Waals surface area contributed by atoms with E-state index in [1.807, 2.05) is 54.6 Å². The molecule has 0 saturated heterocycles. The van der Waals surface area contributed by atoms with Crippen LogP contribution in [0.5, 0.6) is 5.75 Å². The summed E-state index contributed by atoms with van der Waals surface area (Å²) >= 11 is 0. The van der Waals surface area contributed by atoms with E-state index in [2.05, 4.69) is 0 Å². The molecule has 0 heterocycles. The number of ether oxygens (including phenoxy) is 2. The molecule has 3 rings (SSSR count). The molecule has 0 aromatic heterocycles. The maximum atomic E-state index is 12.1. The lowest BCUT2D eigenvalue weighted by Gasteiger charge is -2.09. The van der Waals surface area contributed by atoms with E-state index in [1.54, 1.807) is 12.1 Å². The second-order valence-corrected chi connectivity index (χ2v) is 6.15. The van der Waals surface area contributed by atoms with Crippen molar-refractivity contribution in [1.82, 2.24) is 0 Å². The van der Waals surface area contributed by atoms with Gasteiger partial charge in [0.15, 0.2) is 0 Å². The highest BCUT2D eigenvalue weighted by molar-refractivity contribution is 6.02. The summed E-state index contributed by atoms with van der Waals surface area (Å²) in [5.41, 5.74) is 2.08. The first-order valence-electron chi connectivity index (χ1n) is 8.88. The molecule has 28 heavy (non-hydrogen) atoms. The topological polar surface area (TPSA) is 72.8 Å². The minimum atomic E-state index is -1.15. The molecule has 0 bridgehead atoms. The van der Waals surface area contributed by atoms with E-state index in [9.17, 15) is 9.59 Å². The van der Waals surface area contributed by atoms with Crippen molar-refractivity contribution in [3.05, 3.63) is 101 Å². The molecule has 0 aliphatic carbocycles. The van der Waals surface area contributed by atoms with Gasteiger partial charge in [0, 0.05) is 6.42 Å². The molecule has 0 aliphatic heterocycles. The van der Waals surface area contributed by atoms with Gasteiger partial charge in [-0.15, -0.1) is 0 Å². The van der Waals surface area contributed by atoms with Crippen LogP contribution in [0, 0.1) is 0 Å². The second-order valence-electron chi connectivity index (χ2n) is 6.15. The molecule has 1 N–H and O–H groups in total. The van der Waals surface area contributed by atoms with Crippen LogP contribution in [0.4, 0.5) is 0 Å². The summed E-state index contributed by atoms with van der Waals surface area (Å²) < 4.78 is 11.0. The van der Waals surface area contributed by atoms with Gasteiger partial charge in [0.25, 0.3) is 0 Å². The molecule has 0 fully saturated rings. The smallest absolute Gasteiger partial charge is 0.339 e. The van der Waals surface area contributed by atoms with Crippen molar-refractivity contribution >= 4 is 11.9 Å². The van der Waals surface area contributed by atoms with E-state index < -0.39 is 11.9 Å². The van der Waals surface area contributed by atoms with Crippen LogP contribution in [0.1, 0.15) is 31.8 Å². The zero-order chi connectivity index (χ0) is 19.8. The Morgan fingerprint density at radius 3 is 2.07 bits per heavy atom. The van der Waals surface area contributed by atoms with Crippen molar-refractivity contribution in [2.24, 2.45) is 0 Å². The summed E-state index contributed by atoms with van der Waals surface area (Å²) in [6.07, 6.45) is 0.528. The number of benzene rings is 3. The van der Waals surface area contributed by atoms with Crippen LogP contribution >= 0.6 is 0 Å². The molecule has 0 unspecified atom stereocenters. The van der Waals surface area contributed by atoms with Gasteiger partial charge >= 0.3 is 11.9 Å². The van der Waals surface area contributed by atoms with E-state index in [0.717, 1.165) is 16.9 Å². The number of esters is 1. The summed E-state index contributed by atoms with van der Waals surface area (Å²) in [5.74, 6) is -1.03. The first-order chi connectivity index (χ1) is 13.6. The summed E-state index contributed by atoms with van der Waals surface area (Å²) in [6.45, 7) is 0.664. The second kappa shape index (κ2) is 9.37. The Morgan fingerprint density at radius 1 is 0.750 bits per heavy atom. The number of carbonyl (C=O) groups excluding carboxylic acids is 1. The Morgan fingerprint density at radius 2 is 1.39 bits per heavy atom. The van der Waals surface area contributed by atoms with Gasteiger partial charge in [-0.3, -0.25) is 0 Å². The van der Waals surface area contributed by atoms with E-state index in [4.69, 9.17) is 14.6 Å². The van der Waals surface area contributed by atoms with E-state index in [-0.39, 0.29) is 17.7 Å². The van der Waals surface area contributed by atoms with Crippen molar-refractivity contribution in [2.45, 2.75) is 13.0 Å². The average Bonchev–Trinajstić information content (AvgIpc) is 2.74. The molecule has 5 heteroatoms. The van der Waals surface area contributed by atoms with Gasteiger partial charge in [0.05, 0.1) is 17.7 Å². The Bertz CT molecular complexity index is 933. The molecule has 0 spiro atoms. The molecule has 0 atom stereocenters. The van der Waals surface area contributed by atoms with Crippen LogP contribution in [-0.4, -0.2) is 23.7 Å². The van der Waals surface area contributed by atoms with Crippen LogP contribution in [-0.2, 0) is 17.8 Å². The molecule has 0 saturated carbocycles. The summed E-state index contributed by atoms with van der Waals surface area (Å²) in [4.78, 5) is 23.3. The van der Waals surface area contributed by atoms with Gasteiger partial charge in [-0.1, -0.05) is 54.6 Å². The van der Waals surface area contributed by atoms with Crippen molar-refractivity contribution in [3.63, 3.8) is 0 Å². The van der Waals surface area contributed by atoms with E-state index >= 15 is 0 Å². The molecule has 0 aliphatic rings. The highest BCUT2D eigenvalue weighted by Crippen LogP contribution is 2.15. The van der Waals surface area contributed by atoms with E-state index in [0.29, 0.717) is 13.0 Å². The molecular formula is C23H20O5. The summed E-state index contributed by atoms with van der Waals surface area (Å²) in [7, 11) is 0. The number of rotatable bonds is 8. The van der Waals surface area contributed by atoms with Gasteiger partial charge in [-0.05, 0) is 35.4 Å². The highest BCUT2D eigenvalue weighted by Gasteiger charge is 2.16. The van der Waals surface area contributed by atoms with Crippen molar-refractivity contribution in [3.8, 4) is 5.75 Å². The highest BCUT2D eigenvalue weighted by atomic mass is 16.5. The quantitative estimate of drug-likeness (QED) is 0.591.